The third kappa shape index (κ3) is 4.48. The van der Waals surface area contributed by atoms with Gasteiger partial charge in [-0.2, -0.15) is 0 Å². The first-order valence-electron chi connectivity index (χ1n) is 7.21. The lowest BCUT2D eigenvalue weighted by Gasteiger charge is -2.17. The van der Waals surface area contributed by atoms with Crippen LogP contribution in [-0.2, 0) is 6.42 Å². The fraction of sp³-hybridized carbons (Fsp3) is 0.625. The summed E-state index contributed by atoms with van der Waals surface area (Å²) in [6, 6.07) is 6.95. The zero-order valence-corrected chi connectivity index (χ0v) is 12.8. The third-order valence-electron chi connectivity index (χ3n) is 4.09. The first-order chi connectivity index (χ1) is 8.70. The number of aryl methyl sites for hydroxylation is 2. The van der Waals surface area contributed by atoms with Crippen LogP contribution in [-0.4, -0.2) is 17.7 Å². The molecule has 0 radical (unpaired) electrons. The molecular formula is C16H26ClNO. The van der Waals surface area contributed by atoms with Crippen molar-refractivity contribution in [2.24, 2.45) is 0 Å². The van der Waals surface area contributed by atoms with Crippen LogP contribution in [0.1, 0.15) is 55.4 Å². The highest BCUT2D eigenvalue weighted by Crippen LogP contribution is 2.20. The maximum atomic E-state index is 10.2. The Labute approximate surface area is 123 Å². The van der Waals surface area contributed by atoms with Crippen LogP contribution in [0, 0.1) is 6.92 Å². The van der Waals surface area contributed by atoms with Gasteiger partial charge in [-0.05, 0) is 42.9 Å². The van der Waals surface area contributed by atoms with Crippen molar-refractivity contribution < 1.29 is 5.11 Å². The number of hydrogen-bond donors (Lipinski definition) is 2. The van der Waals surface area contributed by atoms with Crippen molar-refractivity contribution in [3.05, 3.63) is 34.9 Å². The molecule has 108 valence electrons. The van der Waals surface area contributed by atoms with Gasteiger partial charge in [0.1, 0.15) is 0 Å². The summed E-state index contributed by atoms with van der Waals surface area (Å²) in [5, 5.41) is 13.7. The Morgan fingerprint density at radius 2 is 2.00 bits per heavy atom. The predicted molar refractivity (Wildman–Crippen MR) is 83.0 cm³/mol. The summed E-state index contributed by atoms with van der Waals surface area (Å²) in [6.45, 7) is 4.97. The second kappa shape index (κ2) is 7.88. The molecule has 0 aliphatic heterocycles. The predicted octanol–water partition coefficient (Wildman–Crippen LogP) is 3.54. The van der Waals surface area contributed by atoms with Gasteiger partial charge in [-0.15, -0.1) is 12.4 Å². The van der Waals surface area contributed by atoms with E-state index >= 15 is 0 Å². The average Bonchev–Trinajstić information content (AvgIpc) is 2.89. The standard InChI is InChI=1S/C16H25NO.ClH/c1-3-13-8-9-14(10-12(13)2)16(18)11-17-15-6-4-5-7-15;/h8-10,15-18H,3-7,11H2,1-2H3;1H. The lowest BCUT2D eigenvalue weighted by Crippen LogP contribution is -2.30. The molecule has 2 N–H and O–H groups in total. The van der Waals surface area contributed by atoms with Crippen LogP contribution in [0.5, 0.6) is 0 Å². The first kappa shape index (κ1) is 16.5. The topological polar surface area (TPSA) is 32.3 Å². The largest absolute Gasteiger partial charge is 0.387 e. The lowest BCUT2D eigenvalue weighted by molar-refractivity contribution is 0.170. The van der Waals surface area contributed by atoms with Crippen molar-refractivity contribution in [2.45, 2.75) is 58.1 Å². The van der Waals surface area contributed by atoms with E-state index in [-0.39, 0.29) is 18.5 Å². The smallest absolute Gasteiger partial charge is 0.0914 e. The molecule has 0 heterocycles. The van der Waals surface area contributed by atoms with Gasteiger partial charge in [-0.3, -0.25) is 0 Å². The molecule has 1 aliphatic rings. The molecule has 0 saturated heterocycles. The Balaban J connectivity index is 0.00000180. The van der Waals surface area contributed by atoms with Gasteiger partial charge in [0.2, 0.25) is 0 Å². The summed E-state index contributed by atoms with van der Waals surface area (Å²) in [6.07, 6.45) is 5.87. The minimum atomic E-state index is -0.379. The number of rotatable bonds is 5. The summed E-state index contributed by atoms with van der Waals surface area (Å²) in [4.78, 5) is 0. The molecule has 1 aromatic rings. The van der Waals surface area contributed by atoms with Crippen LogP contribution >= 0.6 is 12.4 Å². The lowest BCUT2D eigenvalue weighted by atomic mass is 10.00. The van der Waals surface area contributed by atoms with Crippen LogP contribution in [0.2, 0.25) is 0 Å². The number of benzene rings is 1. The summed E-state index contributed by atoms with van der Waals surface area (Å²) in [5.41, 5.74) is 3.69. The highest BCUT2D eigenvalue weighted by atomic mass is 35.5. The minimum Gasteiger partial charge on any atom is -0.387 e. The molecule has 2 rings (SSSR count). The summed E-state index contributed by atoms with van der Waals surface area (Å²) < 4.78 is 0. The zero-order valence-electron chi connectivity index (χ0n) is 12.0. The van der Waals surface area contributed by atoms with Gasteiger partial charge < -0.3 is 10.4 Å². The first-order valence-corrected chi connectivity index (χ1v) is 7.21. The molecule has 1 fully saturated rings. The molecular weight excluding hydrogens is 258 g/mol. The second-order valence-electron chi connectivity index (χ2n) is 5.44. The maximum Gasteiger partial charge on any atom is 0.0914 e. The quantitative estimate of drug-likeness (QED) is 0.866. The maximum absolute atomic E-state index is 10.2. The minimum absolute atomic E-state index is 0. The van der Waals surface area contributed by atoms with Crippen LogP contribution in [0.25, 0.3) is 0 Å². The normalized spacial score (nSPS) is 17.2. The Hall–Kier alpha value is -0.570. The van der Waals surface area contributed by atoms with Crippen molar-refractivity contribution in [2.75, 3.05) is 6.54 Å². The van der Waals surface area contributed by atoms with E-state index < -0.39 is 0 Å². The molecule has 1 unspecified atom stereocenters. The number of hydrogen-bond acceptors (Lipinski definition) is 2. The van der Waals surface area contributed by atoms with Gasteiger partial charge in [-0.25, -0.2) is 0 Å². The molecule has 1 saturated carbocycles. The zero-order chi connectivity index (χ0) is 13.0. The van der Waals surface area contributed by atoms with Gasteiger partial charge >= 0.3 is 0 Å². The molecule has 0 amide bonds. The van der Waals surface area contributed by atoms with Gasteiger partial charge in [0.05, 0.1) is 6.10 Å². The molecule has 2 nitrogen and oxygen atoms in total. The molecule has 3 heteroatoms. The number of aliphatic hydroxyl groups is 1. The van der Waals surface area contributed by atoms with Crippen molar-refractivity contribution >= 4 is 12.4 Å². The van der Waals surface area contributed by atoms with E-state index in [1.165, 1.54) is 36.8 Å². The van der Waals surface area contributed by atoms with Gasteiger partial charge in [0, 0.05) is 12.6 Å². The summed E-state index contributed by atoms with van der Waals surface area (Å²) in [7, 11) is 0. The fourth-order valence-electron chi connectivity index (χ4n) is 2.85. The number of aliphatic hydroxyl groups excluding tert-OH is 1. The van der Waals surface area contributed by atoms with Crippen LogP contribution in [0.3, 0.4) is 0 Å². The van der Waals surface area contributed by atoms with Crippen LogP contribution in [0.4, 0.5) is 0 Å². The van der Waals surface area contributed by atoms with E-state index in [0.29, 0.717) is 12.6 Å². The Morgan fingerprint density at radius 1 is 1.32 bits per heavy atom. The SMILES string of the molecule is CCc1ccc(C(O)CNC2CCCC2)cc1C.Cl. The number of nitrogens with one attached hydrogen (secondary N) is 1. The summed E-state index contributed by atoms with van der Waals surface area (Å²) >= 11 is 0. The van der Waals surface area contributed by atoms with Gasteiger partial charge in [0.15, 0.2) is 0 Å². The fourth-order valence-corrected chi connectivity index (χ4v) is 2.85. The average molecular weight is 284 g/mol. The van der Waals surface area contributed by atoms with E-state index in [1.54, 1.807) is 0 Å². The molecule has 19 heavy (non-hydrogen) atoms. The van der Waals surface area contributed by atoms with E-state index in [2.05, 4.69) is 37.4 Å². The molecule has 1 aromatic carbocycles. The van der Waals surface area contributed by atoms with Gasteiger partial charge in [0.25, 0.3) is 0 Å². The van der Waals surface area contributed by atoms with Crippen molar-refractivity contribution in [1.29, 1.82) is 0 Å². The molecule has 0 aromatic heterocycles. The monoisotopic (exact) mass is 283 g/mol. The Morgan fingerprint density at radius 3 is 2.58 bits per heavy atom. The highest BCUT2D eigenvalue weighted by molar-refractivity contribution is 5.85. The van der Waals surface area contributed by atoms with Crippen LogP contribution in [0.15, 0.2) is 18.2 Å². The molecule has 0 bridgehead atoms. The van der Waals surface area contributed by atoms with Crippen molar-refractivity contribution in [1.82, 2.24) is 5.32 Å². The van der Waals surface area contributed by atoms with Crippen molar-refractivity contribution in [3.8, 4) is 0 Å². The van der Waals surface area contributed by atoms with E-state index in [0.717, 1.165) is 12.0 Å². The second-order valence-corrected chi connectivity index (χ2v) is 5.44. The van der Waals surface area contributed by atoms with Crippen LogP contribution < -0.4 is 5.32 Å². The summed E-state index contributed by atoms with van der Waals surface area (Å²) in [5.74, 6) is 0. The van der Waals surface area contributed by atoms with E-state index in [9.17, 15) is 5.11 Å². The third-order valence-corrected chi connectivity index (χ3v) is 4.09. The molecule has 1 atom stereocenters. The Bertz CT molecular complexity index is 388. The van der Waals surface area contributed by atoms with Crippen molar-refractivity contribution in [3.63, 3.8) is 0 Å². The van der Waals surface area contributed by atoms with E-state index in [4.69, 9.17) is 0 Å². The highest BCUT2D eigenvalue weighted by Gasteiger charge is 2.16. The number of halogens is 1. The Kier molecular flexibility index (Phi) is 6.84. The van der Waals surface area contributed by atoms with Gasteiger partial charge in [-0.1, -0.05) is 38.0 Å². The molecule has 1 aliphatic carbocycles. The van der Waals surface area contributed by atoms with E-state index in [1.807, 2.05) is 0 Å². The molecule has 0 spiro atoms.